The van der Waals surface area contributed by atoms with Gasteiger partial charge in [0.05, 0.1) is 11.3 Å². The molecule has 0 saturated carbocycles. The third kappa shape index (κ3) is 4.65. The molecule has 1 aromatic carbocycles. The van der Waals surface area contributed by atoms with Gasteiger partial charge in [0.15, 0.2) is 5.78 Å². The molecule has 1 unspecified atom stereocenters. The van der Waals surface area contributed by atoms with Crippen molar-refractivity contribution in [3.8, 4) is 0 Å². The van der Waals surface area contributed by atoms with Crippen LogP contribution in [0, 0.1) is 20.8 Å². The summed E-state index contributed by atoms with van der Waals surface area (Å²) in [5.74, 6) is 0.222. The maximum atomic E-state index is 13.1. The standard InChI is InChI=1S/C24H33NO3.Na.H/c1-6-9-20(25-28-7-2)24-21(26)12-17(13-22(24)27)23-16(5)14(3)15(4)18-10-8-11-19(18)23;;/h17,26H,6-13H2,1-5H3;;. The van der Waals surface area contributed by atoms with E-state index < -0.39 is 0 Å². The van der Waals surface area contributed by atoms with Gasteiger partial charge in [-0.05, 0) is 92.7 Å². The molecule has 29 heavy (non-hydrogen) atoms. The van der Waals surface area contributed by atoms with Gasteiger partial charge in [-0.25, -0.2) is 0 Å². The van der Waals surface area contributed by atoms with Gasteiger partial charge in [-0.15, -0.1) is 0 Å². The van der Waals surface area contributed by atoms with E-state index in [0.717, 1.165) is 19.3 Å². The van der Waals surface area contributed by atoms with Gasteiger partial charge in [-0.3, -0.25) is 4.79 Å². The van der Waals surface area contributed by atoms with Crippen molar-refractivity contribution in [2.45, 2.75) is 85.5 Å². The summed E-state index contributed by atoms with van der Waals surface area (Å²) in [7, 11) is 0. The average molecular weight is 408 g/mol. The number of hydrogen-bond acceptors (Lipinski definition) is 4. The first-order valence-electron chi connectivity index (χ1n) is 10.7. The number of benzene rings is 1. The summed E-state index contributed by atoms with van der Waals surface area (Å²) >= 11 is 0. The number of oxime groups is 1. The Hall–Kier alpha value is -1.10. The van der Waals surface area contributed by atoms with Crippen molar-refractivity contribution in [1.29, 1.82) is 0 Å². The number of aliphatic hydroxyl groups excluding tert-OH is 1. The van der Waals surface area contributed by atoms with Crippen molar-refractivity contribution in [3.63, 3.8) is 0 Å². The molecule has 0 bridgehead atoms. The second kappa shape index (κ2) is 10.3. The van der Waals surface area contributed by atoms with Gasteiger partial charge in [0.1, 0.15) is 12.4 Å². The zero-order chi connectivity index (χ0) is 20.4. The molecular weight excluding hydrogens is 373 g/mol. The van der Waals surface area contributed by atoms with E-state index in [0.29, 0.717) is 37.2 Å². The van der Waals surface area contributed by atoms with Crippen LogP contribution in [0.25, 0.3) is 0 Å². The molecule has 0 radical (unpaired) electrons. The summed E-state index contributed by atoms with van der Waals surface area (Å²) < 4.78 is 0. The fourth-order valence-corrected chi connectivity index (χ4v) is 4.96. The topological polar surface area (TPSA) is 58.9 Å². The molecule has 1 aromatic rings. The molecule has 1 atom stereocenters. The van der Waals surface area contributed by atoms with Gasteiger partial charge in [0.2, 0.25) is 0 Å². The van der Waals surface area contributed by atoms with Crippen LogP contribution in [-0.2, 0) is 22.5 Å². The van der Waals surface area contributed by atoms with Crippen LogP contribution in [0.2, 0.25) is 0 Å². The molecule has 0 heterocycles. The van der Waals surface area contributed by atoms with E-state index in [1.807, 2.05) is 13.8 Å². The Kier molecular flexibility index (Phi) is 8.57. The number of fused-ring (bicyclic) bond motifs is 1. The Balaban J connectivity index is 0.00000300. The number of Topliss-reactive ketones (excluding diaryl/α,β-unsaturated/α-hetero) is 1. The molecule has 0 spiro atoms. The minimum absolute atomic E-state index is 0. The van der Waals surface area contributed by atoms with Crippen molar-refractivity contribution in [3.05, 3.63) is 44.7 Å². The molecule has 0 amide bonds. The van der Waals surface area contributed by atoms with Gasteiger partial charge in [0.25, 0.3) is 0 Å². The SMILES string of the molecule is CCCC(=NOCC)C1=C(O)CC(c2c(C)c(C)c(C)c3c2CCC3)CC1=O.[NaH]. The van der Waals surface area contributed by atoms with Crippen LogP contribution in [0.3, 0.4) is 0 Å². The third-order valence-electron chi connectivity index (χ3n) is 6.45. The van der Waals surface area contributed by atoms with Gasteiger partial charge < -0.3 is 9.94 Å². The summed E-state index contributed by atoms with van der Waals surface area (Å²) in [6.07, 6.45) is 5.82. The van der Waals surface area contributed by atoms with E-state index in [9.17, 15) is 9.90 Å². The Bertz CT molecular complexity index is 854. The first-order chi connectivity index (χ1) is 13.4. The molecule has 0 fully saturated rings. The van der Waals surface area contributed by atoms with Crippen LogP contribution in [0.15, 0.2) is 16.5 Å². The molecule has 0 saturated heterocycles. The Morgan fingerprint density at radius 1 is 1.07 bits per heavy atom. The van der Waals surface area contributed by atoms with E-state index in [4.69, 9.17) is 4.84 Å². The minimum atomic E-state index is -0.00923. The average Bonchev–Trinajstić information content (AvgIpc) is 3.13. The van der Waals surface area contributed by atoms with Gasteiger partial charge in [0, 0.05) is 12.8 Å². The first-order valence-corrected chi connectivity index (χ1v) is 10.7. The van der Waals surface area contributed by atoms with Crippen LogP contribution in [0.5, 0.6) is 0 Å². The Labute approximate surface area is 197 Å². The molecule has 0 aromatic heterocycles. The summed E-state index contributed by atoms with van der Waals surface area (Å²) in [6.45, 7) is 10.9. The second-order valence-corrected chi connectivity index (χ2v) is 8.16. The van der Waals surface area contributed by atoms with Crippen molar-refractivity contribution in [2.75, 3.05) is 6.61 Å². The van der Waals surface area contributed by atoms with E-state index in [1.54, 1.807) is 0 Å². The van der Waals surface area contributed by atoms with E-state index in [-0.39, 0.29) is 47.0 Å². The molecule has 154 valence electrons. The van der Waals surface area contributed by atoms with Gasteiger partial charge in [-0.2, -0.15) is 0 Å². The zero-order valence-corrected chi connectivity index (χ0v) is 17.9. The van der Waals surface area contributed by atoms with E-state index in [2.05, 4.69) is 25.9 Å². The normalized spacial score (nSPS) is 19.3. The fourth-order valence-electron chi connectivity index (χ4n) is 4.96. The number of ketones is 1. The molecule has 2 aliphatic rings. The van der Waals surface area contributed by atoms with Crippen LogP contribution in [-0.4, -0.2) is 52.8 Å². The quantitative estimate of drug-likeness (QED) is 0.414. The van der Waals surface area contributed by atoms with Crippen LogP contribution in [0.1, 0.15) is 85.3 Å². The third-order valence-corrected chi connectivity index (χ3v) is 6.45. The monoisotopic (exact) mass is 407 g/mol. The predicted molar refractivity (Wildman–Crippen MR) is 120 cm³/mol. The molecule has 1 N–H and O–H groups in total. The number of carbonyl (C=O) groups excluding carboxylic acids is 1. The number of carbonyl (C=O) groups is 1. The maximum absolute atomic E-state index is 13.1. The van der Waals surface area contributed by atoms with Crippen molar-refractivity contribution in [2.24, 2.45) is 5.16 Å². The summed E-state index contributed by atoms with van der Waals surface area (Å²) in [5.41, 5.74) is 9.25. The Morgan fingerprint density at radius 3 is 2.38 bits per heavy atom. The number of rotatable bonds is 6. The van der Waals surface area contributed by atoms with Crippen LogP contribution < -0.4 is 0 Å². The first kappa shape index (κ1) is 24.2. The van der Waals surface area contributed by atoms with E-state index >= 15 is 0 Å². The van der Waals surface area contributed by atoms with Crippen LogP contribution in [0.4, 0.5) is 0 Å². The fraction of sp³-hybridized carbons (Fsp3) is 0.583. The predicted octanol–water partition coefficient (Wildman–Crippen LogP) is 4.90. The van der Waals surface area contributed by atoms with Gasteiger partial charge in [-0.1, -0.05) is 18.5 Å². The molecule has 5 heteroatoms. The number of nitrogens with zero attached hydrogens (tertiary/aromatic N) is 1. The summed E-state index contributed by atoms with van der Waals surface area (Å²) in [4.78, 5) is 18.3. The van der Waals surface area contributed by atoms with Crippen molar-refractivity contribution < 1.29 is 14.7 Å². The van der Waals surface area contributed by atoms with Crippen LogP contribution >= 0.6 is 0 Å². The number of allylic oxidation sites excluding steroid dienone is 2. The molecule has 4 nitrogen and oxygen atoms in total. The van der Waals surface area contributed by atoms with Gasteiger partial charge >= 0.3 is 29.6 Å². The molecule has 2 aliphatic carbocycles. The number of aliphatic hydroxyl groups is 1. The second-order valence-electron chi connectivity index (χ2n) is 8.16. The molecule has 3 rings (SSSR count). The Morgan fingerprint density at radius 2 is 1.76 bits per heavy atom. The zero-order valence-electron chi connectivity index (χ0n) is 17.9. The molecular formula is C24H34NNaO3. The number of hydrogen-bond donors (Lipinski definition) is 1. The molecule has 0 aliphatic heterocycles. The van der Waals surface area contributed by atoms with Crippen molar-refractivity contribution in [1.82, 2.24) is 0 Å². The van der Waals surface area contributed by atoms with E-state index in [1.165, 1.54) is 39.8 Å². The van der Waals surface area contributed by atoms with Crippen molar-refractivity contribution >= 4 is 41.1 Å². The summed E-state index contributed by atoms with van der Waals surface area (Å²) in [6, 6.07) is 0. The summed E-state index contributed by atoms with van der Waals surface area (Å²) in [5, 5.41) is 15.0.